The molecule has 0 saturated heterocycles. The molecule has 7 heteroatoms. The minimum Gasteiger partial charge on any atom is -0.481 e. The average molecular weight is 349 g/mol. The number of hydrogen-bond acceptors (Lipinski definition) is 5. The molecule has 1 heterocycles. The summed E-state index contributed by atoms with van der Waals surface area (Å²) in [6.45, 7) is 0. The summed E-state index contributed by atoms with van der Waals surface area (Å²) in [6.07, 6.45) is 1.76. The minimum absolute atomic E-state index is 0.180. The molecule has 0 aliphatic heterocycles. The van der Waals surface area contributed by atoms with Crippen LogP contribution in [0.25, 0.3) is 0 Å². The van der Waals surface area contributed by atoms with Gasteiger partial charge in [-0.05, 0) is 18.2 Å². The highest BCUT2D eigenvalue weighted by Gasteiger charge is 2.25. The summed E-state index contributed by atoms with van der Waals surface area (Å²) in [5.41, 5.74) is 0.959. The van der Waals surface area contributed by atoms with Crippen molar-refractivity contribution in [1.82, 2.24) is 10.3 Å². The van der Waals surface area contributed by atoms with E-state index in [2.05, 4.69) is 10.3 Å². The molecule has 0 spiro atoms. The number of nitrogens with one attached hydrogen (secondary N) is 1. The lowest BCUT2D eigenvalue weighted by molar-refractivity contribution is -0.142. The van der Waals surface area contributed by atoms with Crippen molar-refractivity contribution in [3.63, 3.8) is 0 Å². The molecule has 6 nitrogen and oxygen atoms in total. The normalized spacial score (nSPS) is 11.5. The van der Waals surface area contributed by atoms with E-state index in [4.69, 9.17) is 21.1 Å². The number of nitrogens with zero attached hydrogens (tertiary/aromatic N) is 1. The molecular weight excluding hydrogens is 332 g/mol. The van der Waals surface area contributed by atoms with Crippen LogP contribution in [0.5, 0.6) is 5.88 Å². The lowest BCUT2D eigenvalue weighted by Gasteiger charge is -2.18. The average Bonchev–Trinajstić information content (AvgIpc) is 2.61. The largest absolute Gasteiger partial charge is 0.481 e. The molecule has 0 aliphatic rings. The van der Waals surface area contributed by atoms with E-state index in [1.54, 1.807) is 42.6 Å². The van der Waals surface area contributed by atoms with Crippen LogP contribution in [-0.4, -0.2) is 37.1 Å². The van der Waals surface area contributed by atoms with Crippen LogP contribution in [0.3, 0.4) is 0 Å². The maximum absolute atomic E-state index is 12.4. The molecule has 0 aliphatic carbocycles. The second-order valence-electron chi connectivity index (χ2n) is 4.90. The highest BCUT2D eigenvalue weighted by atomic mass is 35.5. The first-order valence-electron chi connectivity index (χ1n) is 7.18. The molecule has 2 aromatic rings. The Morgan fingerprint density at radius 3 is 2.62 bits per heavy atom. The fourth-order valence-electron chi connectivity index (χ4n) is 2.20. The number of pyridine rings is 1. The Hall–Kier alpha value is -2.60. The molecule has 1 aromatic carbocycles. The molecule has 24 heavy (non-hydrogen) atoms. The Kier molecular flexibility index (Phi) is 6.14. The number of aromatic nitrogens is 1. The van der Waals surface area contributed by atoms with Crippen LogP contribution in [0.4, 0.5) is 0 Å². The Bertz CT molecular complexity index is 736. The molecule has 1 N–H and O–H groups in total. The molecule has 1 amide bonds. The zero-order chi connectivity index (χ0) is 17.5. The van der Waals surface area contributed by atoms with Crippen molar-refractivity contribution in [2.75, 3.05) is 14.2 Å². The lowest BCUT2D eigenvalue weighted by atomic mass is 10.1. The van der Waals surface area contributed by atoms with Gasteiger partial charge in [0.2, 0.25) is 5.88 Å². The molecule has 126 valence electrons. The second-order valence-corrected chi connectivity index (χ2v) is 5.31. The summed E-state index contributed by atoms with van der Waals surface area (Å²) in [5, 5.41) is 2.95. The molecule has 1 aromatic heterocycles. The number of amides is 1. The van der Waals surface area contributed by atoms with Gasteiger partial charge in [-0.25, -0.2) is 9.78 Å². The zero-order valence-corrected chi connectivity index (χ0v) is 14.0. The molecule has 0 fully saturated rings. The highest BCUT2D eigenvalue weighted by Crippen LogP contribution is 2.18. The lowest BCUT2D eigenvalue weighted by Crippen LogP contribution is -2.43. The monoisotopic (exact) mass is 348 g/mol. The summed E-state index contributed by atoms with van der Waals surface area (Å²) in [7, 11) is 2.75. The second kappa shape index (κ2) is 8.31. The van der Waals surface area contributed by atoms with Gasteiger partial charge in [0.15, 0.2) is 0 Å². The number of methoxy groups -OCH3 is 2. The third-order valence-electron chi connectivity index (χ3n) is 3.38. The summed E-state index contributed by atoms with van der Waals surface area (Å²) >= 11 is 6.02. The van der Waals surface area contributed by atoms with Crippen molar-refractivity contribution in [1.29, 1.82) is 0 Å². The fraction of sp³-hybridized carbons (Fsp3) is 0.235. The molecule has 0 radical (unpaired) electrons. The van der Waals surface area contributed by atoms with Gasteiger partial charge in [0, 0.05) is 18.2 Å². The third kappa shape index (κ3) is 4.23. The van der Waals surface area contributed by atoms with Crippen LogP contribution in [0, 0.1) is 0 Å². The number of benzene rings is 1. The van der Waals surface area contributed by atoms with Gasteiger partial charge in [0.25, 0.3) is 5.91 Å². The number of halogens is 1. The molecule has 0 bridgehead atoms. The number of ether oxygens (including phenoxy) is 2. The van der Waals surface area contributed by atoms with Crippen molar-refractivity contribution < 1.29 is 19.1 Å². The van der Waals surface area contributed by atoms with E-state index in [-0.39, 0.29) is 12.0 Å². The van der Waals surface area contributed by atoms with Crippen LogP contribution in [0.1, 0.15) is 15.9 Å². The minimum atomic E-state index is -0.892. The van der Waals surface area contributed by atoms with Crippen LogP contribution < -0.4 is 10.1 Å². The number of carbonyl (C=O) groups excluding carboxylic acids is 2. The standard InChI is InChI=1S/C17H17ClN2O4/c1-23-16-11(6-5-9-19-16)10-14(17(22)24-2)20-15(21)12-7-3-4-8-13(12)18/h3-9,14H,10H2,1-2H3,(H,20,21)/t14-/m0/s1. The quantitative estimate of drug-likeness (QED) is 0.810. The number of carbonyl (C=O) groups is 2. The first-order chi connectivity index (χ1) is 11.6. The fourth-order valence-corrected chi connectivity index (χ4v) is 2.42. The van der Waals surface area contributed by atoms with Gasteiger partial charge < -0.3 is 14.8 Å². The highest BCUT2D eigenvalue weighted by molar-refractivity contribution is 6.33. The third-order valence-corrected chi connectivity index (χ3v) is 3.71. The maximum atomic E-state index is 12.4. The first kappa shape index (κ1) is 17.7. The van der Waals surface area contributed by atoms with E-state index in [0.29, 0.717) is 16.5 Å². The number of esters is 1. The van der Waals surface area contributed by atoms with Gasteiger partial charge in [-0.2, -0.15) is 0 Å². The molecular formula is C17H17ClN2O4. The van der Waals surface area contributed by atoms with Crippen LogP contribution in [0.15, 0.2) is 42.6 Å². The van der Waals surface area contributed by atoms with E-state index < -0.39 is 17.9 Å². The van der Waals surface area contributed by atoms with Crippen LogP contribution in [0.2, 0.25) is 5.02 Å². The van der Waals surface area contributed by atoms with Crippen molar-refractivity contribution >= 4 is 23.5 Å². The van der Waals surface area contributed by atoms with E-state index in [1.807, 2.05) is 0 Å². The van der Waals surface area contributed by atoms with Gasteiger partial charge in [-0.1, -0.05) is 29.8 Å². The van der Waals surface area contributed by atoms with Crippen LogP contribution >= 0.6 is 11.6 Å². The summed E-state index contributed by atoms with van der Waals surface area (Å²) in [4.78, 5) is 28.5. The summed E-state index contributed by atoms with van der Waals surface area (Å²) in [5.74, 6) is -0.640. The molecule has 1 atom stereocenters. The molecule has 2 rings (SSSR count). The SMILES string of the molecule is COC(=O)[C@H](Cc1cccnc1OC)NC(=O)c1ccccc1Cl. The van der Waals surface area contributed by atoms with Gasteiger partial charge >= 0.3 is 5.97 Å². The topological polar surface area (TPSA) is 77.5 Å². The van der Waals surface area contributed by atoms with Crippen molar-refractivity contribution in [2.24, 2.45) is 0 Å². The number of hydrogen-bond donors (Lipinski definition) is 1. The Morgan fingerprint density at radius 2 is 1.96 bits per heavy atom. The predicted molar refractivity (Wildman–Crippen MR) is 89.2 cm³/mol. The van der Waals surface area contributed by atoms with Gasteiger partial charge in [-0.15, -0.1) is 0 Å². The van der Waals surface area contributed by atoms with E-state index in [9.17, 15) is 9.59 Å². The van der Waals surface area contributed by atoms with Crippen molar-refractivity contribution in [3.05, 3.63) is 58.7 Å². The van der Waals surface area contributed by atoms with E-state index in [0.717, 1.165) is 0 Å². The molecule has 0 unspecified atom stereocenters. The summed E-state index contributed by atoms with van der Waals surface area (Å²) < 4.78 is 9.95. The van der Waals surface area contributed by atoms with Gasteiger partial charge in [0.05, 0.1) is 24.8 Å². The Labute approximate surface area is 144 Å². The maximum Gasteiger partial charge on any atom is 0.328 e. The van der Waals surface area contributed by atoms with Crippen LogP contribution in [-0.2, 0) is 16.0 Å². The first-order valence-corrected chi connectivity index (χ1v) is 7.55. The summed E-state index contributed by atoms with van der Waals surface area (Å²) in [6, 6.07) is 9.20. The Morgan fingerprint density at radius 1 is 1.21 bits per heavy atom. The number of rotatable bonds is 6. The van der Waals surface area contributed by atoms with Gasteiger partial charge in [-0.3, -0.25) is 4.79 Å². The van der Waals surface area contributed by atoms with E-state index >= 15 is 0 Å². The zero-order valence-electron chi connectivity index (χ0n) is 13.3. The predicted octanol–water partition coefficient (Wildman–Crippen LogP) is 2.26. The smallest absolute Gasteiger partial charge is 0.328 e. The van der Waals surface area contributed by atoms with E-state index in [1.165, 1.54) is 14.2 Å². The van der Waals surface area contributed by atoms with Gasteiger partial charge in [0.1, 0.15) is 6.04 Å². The Balaban J connectivity index is 2.22. The molecule has 0 saturated carbocycles. The van der Waals surface area contributed by atoms with Crippen molar-refractivity contribution in [2.45, 2.75) is 12.5 Å². The van der Waals surface area contributed by atoms with Crippen molar-refractivity contribution in [3.8, 4) is 5.88 Å².